The van der Waals surface area contributed by atoms with E-state index in [1.165, 1.54) is 0 Å². The molecule has 0 fully saturated rings. The smallest absolute Gasteiger partial charge is 0.345 e. The first-order chi connectivity index (χ1) is 4.57. The van der Waals surface area contributed by atoms with E-state index >= 15 is 0 Å². The van der Waals surface area contributed by atoms with E-state index in [4.69, 9.17) is 10.2 Å². The minimum atomic E-state index is -1.62. The fraction of sp³-hybridized carbons (Fsp3) is 0.600. The molecule has 0 saturated heterocycles. The second-order valence-corrected chi connectivity index (χ2v) is 1.61. The highest BCUT2D eigenvalue weighted by molar-refractivity contribution is 5.86. The summed E-state index contributed by atoms with van der Waals surface area (Å²) in [6.07, 6.45) is -1.62. The summed E-state index contributed by atoms with van der Waals surface area (Å²) in [7, 11) is 0. The van der Waals surface area contributed by atoms with Crippen molar-refractivity contribution in [1.82, 2.24) is 0 Å². The van der Waals surface area contributed by atoms with Crippen LogP contribution in [0.5, 0.6) is 0 Å². The third-order valence-electron chi connectivity index (χ3n) is 0.689. The predicted molar refractivity (Wildman–Crippen MR) is 29.9 cm³/mol. The number of ether oxygens (including phenoxy) is 1. The van der Waals surface area contributed by atoms with E-state index in [-0.39, 0.29) is 0 Å². The average Bonchev–Trinajstić information content (AvgIpc) is 1.85. The molecule has 1 atom stereocenters. The molecule has 0 aliphatic carbocycles. The van der Waals surface area contributed by atoms with Gasteiger partial charge in [-0.1, -0.05) is 0 Å². The van der Waals surface area contributed by atoms with Crippen LogP contribution in [0.4, 0.5) is 0 Å². The van der Waals surface area contributed by atoms with Gasteiger partial charge in [0, 0.05) is 6.92 Å². The van der Waals surface area contributed by atoms with Crippen molar-refractivity contribution in [3.63, 3.8) is 0 Å². The van der Waals surface area contributed by atoms with E-state index in [0.29, 0.717) is 0 Å². The Hall–Kier alpha value is -0.940. The molecule has 0 aliphatic rings. The van der Waals surface area contributed by atoms with Crippen LogP contribution in [0.3, 0.4) is 0 Å². The van der Waals surface area contributed by atoms with Crippen molar-refractivity contribution in [2.24, 2.45) is 0 Å². The van der Waals surface area contributed by atoms with Crippen molar-refractivity contribution >= 4 is 11.9 Å². The molecule has 0 spiro atoms. The lowest BCUT2D eigenvalue weighted by atomic mass is 10.4. The summed E-state index contributed by atoms with van der Waals surface area (Å²) in [5, 5.41) is 16.7. The summed E-state index contributed by atoms with van der Waals surface area (Å²) in [5.74, 6) is -1.94. The van der Waals surface area contributed by atoms with Crippen LogP contribution in [0, 0.1) is 0 Å². The van der Waals surface area contributed by atoms with Gasteiger partial charge in [0.15, 0.2) is 6.10 Å². The molecular weight excluding hydrogens is 140 g/mol. The SMILES string of the molecule is CC(=O)OC(=O)C(O)CO. The van der Waals surface area contributed by atoms with Crippen molar-refractivity contribution in [3.05, 3.63) is 0 Å². The first-order valence-corrected chi connectivity index (χ1v) is 2.59. The molecule has 5 nitrogen and oxygen atoms in total. The van der Waals surface area contributed by atoms with E-state index in [1.807, 2.05) is 0 Å². The molecule has 5 heteroatoms. The summed E-state index contributed by atoms with van der Waals surface area (Å²) in [6, 6.07) is 0. The Morgan fingerprint density at radius 3 is 2.40 bits per heavy atom. The molecule has 0 rings (SSSR count). The van der Waals surface area contributed by atoms with Crippen LogP contribution in [0.1, 0.15) is 6.92 Å². The maximum absolute atomic E-state index is 10.3. The maximum atomic E-state index is 10.3. The summed E-state index contributed by atoms with van der Waals surface area (Å²) < 4.78 is 3.92. The van der Waals surface area contributed by atoms with Crippen LogP contribution in [0.2, 0.25) is 0 Å². The molecule has 0 radical (unpaired) electrons. The molecule has 0 bridgehead atoms. The number of hydrogen-bond donors (Lipinski definition) is 2. The van der Waals surface area contributed by atoms with Crippen LogP contribution in [0.25, 0.3) is 0 Å². The first kappa shape index (κ1) is 9.06. The summed E-state index contributed by atoms with van der Waals surface area (Å²) in [6.45, 7) is 0.286. The number of carbonyl (C=O) groups excluding carboxylic acids is 2. The summed E-state index contributed by atoms with van der Waals surface area (Å²) >= 11 is 0. The first-order valence-electron chi connectivity index (χ1n) is 2.59. The monoisotopic (exact) mass is 148 g/mol. The zero-order chi connectivity index (χ0) is 8.15. The van der Waals surface area contributed by atoms with Crippen molar-refractivity contribution in [1.29, 1.82) is 0 Å². The Labute approximate surface area is 57.2 Å². The van der Waals surface area contributed by atoms with Gasteiger partial charge in [-0.15, -0.1) is 0 Å². The molecule has 0 amide bonds. The zero-order valence-corrected chi connectivity index (χ0v) is 5.40. The lowest BCUT2D eigenvalue weighted by Crippen LogP contribution is -2.27. The molecule has 0 aromatic heterocycles. The van der Waals surface area contributed by atoms with Gasteiger partial charge in [0.05, 0.1) is 6.61 Å². The molecule has 0 heterocycles. The second-order valence-electron chi connectivity index (χ2n) is 1.61. The Morgan fingerprint density at radius 1 is 1.60 bits per heavy atom. The largest absolute Gasteiger partial charge is 0.393 e. The Kier molecular flexibility index (Phi) is 3.60. The molecule has 0 saturated carbocycles. The van der Waals surface area contributed by atoms with Crippen LogP contribution < -0.4 is 0 Å². The number of aliphatic hydroxyl groups excluding tert-OH is 2. The fourth-order valence-electron chi connectivity index (χ4n) is 0.284. The topological polar surface area (TPSA) is 83.8 Å². The third kappa shape index (κ3) is 3.16. The van der Waals surface area contributed by atoms with Crippen molar-refractivity contribution < 1.29 is 24.5 Å². The van der Waals surface area contributed by atoms with Gasteiger partial charge in [-0.2, -0.15) is 0 Å². The van der Waals surface area contributed by atoms with Gasteiger partial charge in [0.2, 0.25) is 0 Å². The Balaban J connectivity index is 3.73. The highest BCUT2D eigenvalue weighted by Gasteiger charge is 2.16. The Bertz CT molecular complexity index is 141. The molecule has 2 N–H and O–H groups in total. The van der Waals surface area contributed by atoms with Crippen molar-refractivity contribution in [2.75, 3.05) is 6.61 Å². The van der Waals surface area contributed by atoms with E-state index in [0.717, 1.165) is 6.92 Å². The molecule has 1 unspecified atom stereocenters. The normalized spacial score (nSPS) is 12.3. The molecule has 0 aromatic carbocycles. The second kappa shape index (κ2) is 3.97. The van der Waals surface area contributed by atoms with Crippen LogP contribution in [0.15, 0.2) is 0 Å². The van der Waals surface area contributed by atoms with Crippen LogP contribution in [-0.2, 0) is 14.3 Å². The van der Waals surface area contributed by atoms with E-state index in [9.17, 15) is 9.59 Å². The highest BCUT2D eigenvalue weighted by Crippen LogP contribution is 1.86. The minimum Gasteiger partial charge on any atom is -0.393 e. The van der Waals surface area contributed by atoms with Gasteiger partial charge >= 0.3 is 11.9 Å². The maximum Gasteiger partial charge on any atom is 0.345 e. The van der Waals surface area contributed by atoms with Crippen LogP contribution >= 0.6 is 0 Å². The van der Waals surface area contributed by atoms with Gasteiger partial charge in [0.25, 0.3) is 0 Å². The number of hydrogen-bond acceptors (Lipinski definition) is 5. The number of aliphatic hydroxyl groups is 2. The predicted octanol–water partition coefficient (Wildman–Crippen LogP) is -1.57. The molecule has 58 valence electrons. The summed E-state index contributed by atoms with van der Waals surface area (Å²) in [5.41, 5.74) is 0. The summed E-state index contributed by atoms with van der Waals surface area (Å²) in [4.78, 5) is 20.4. The van der Waals surface area contributed by atoms with Crippen molar-refractivity contribution in [2.45, 2.75) is 13.0 Å². The molecular formula is C5H8O5. The number of carbonyl (C=O) groups is 2. The molecule has 0 aliphatic heterocycles. The molecule has 0 aromatic rings. The third-order valence-corrected chi connectivity index (χ3v) is 0.689. The zero-order valence-electron chi connectivity index (χ0n) is 5.40. The van der Waals surface area contributed by atoms with Gasteiger partial charge in [-0.25, -0.2) is 4.79 Å². The van der Waals surface area contributed by atoms with Gasteiger partial charge in [0.1, 0.15) is 0 Å². The molecule has 10 heavy (non-hydrogen) atoms. The number of rotatable bonds is 2. The van der Waals surface area contributed by atoms with Gasteiger partial charge in [-0.3, -0.25) is 4.79 Å². The van der Waals surface area contributed by atoms with Crippen LogP contribution in [-0.4, -0.2) is 34.9 Å². The van der Waals surface area contributed by atoms with E-state index < -0.39 is 24.6 Å². The minimum absolute atomic E-state index is 0.744. The van der Waals surface area contributed by atoms with E-state index in [2.05, 4.69) is 4.74 Å². The lowest BCUT2D eigenvalue weighted by molar-refractivity contribution is -0.165. The van der Waals surface area contributed by atoms with E-state index in [1.54, 1.807) is 0 Å². The average molecular weight is 148 g/mol. The van der Waals surface area contributed by atoms with Gasteiger partial charge in [-0.05, 0) is 0 Å². The van der Waals surface area contributed by atoms with Gasteiger partial charge < -0.3 is 14.9 Å². The highest BCUT2D eigenvalue weighted by atomic mass is 16.6. The number of esters is 2. The quantitative estimate of drug-likeness (QED) is 0.365. The lowest BCUT2D eigenvalue weighted by Gasteiger charge is -2.02. The van der Waals surface area contributed by atoms with Crippen molar-refractivity contribution in [3.8, 4) is 0 Å². The standard InChI is InChI=1S/C5H8O5/c1-3(7)10-5(9)4(8)2-6/h4,6,8H,2H2,1H3. The fourth-order valence-corrected chi connectivity index (χ4v) is 0.284. The Morgan fingerprint density at radius 2 is 2.10 bits per heavy atom.